The number of nitrogens with zero attached hydrogens (tertiary/aromatic N) is 2. The van der Waals surface area contributed by atoms with Crippen LogP contribution in [0.1, 0.15) is 32.1 Å². The topological polar surface area (TPSA) is 52.7 Å². The van der Waals surface area contributed by atoms with E-state index < -0.39 is 0 Å². The molecule has 0 bridgehead atoms. The number of rotatable bonds is 1. The minimum Gasteiger partial charge on any atom is -0.344 e. The Morgan fingerprint density at radius 2 is 1.95 bits per heavy atom. The van der Waals surface area contributed by atoms with Crippen molar-refractivity contribution >= 4 is 11.8 Å². The van der Waals surface area contributed by atoms with Gasteiger partial charge < -0.3 is 15.1 Å². The van der Waals surface area contributed by atoms with Crippen LogP contribution < -0.4 is 5.32 Å². The number of carbonyl (C=O) groups excluding carboxylic acids is 2. The first kappa shape index (κ1) is 13.9. The molecular formula is C15H25N3O2. The van der Waals surface area contributed by atoms with E-state index in [1.165, 1.54) is 6.42 Å². The fraction of sp³-hybridized carbons (Fsp3) is 0.867. The highest BCUT2D eigenvalue weighted by molar-refractivity contribution is 5.88. The predicted octanol–water partition coefficient (Wildman–Crippen LogP) is 0.455. The lowest BCUT2D eigenvalue weighted by molar-refractivity contribution is -0.135. The van der Waals surface area contributed by atoms with Gasteiger partial charge in [-0.1, -0.05) is 6.42 Å². The molecular weight excluding hydrogens is 254 g/mol. The van der Waals surface area contributed by atoms with E-state index in [0.29, 0.717) is 18.3 Å². The van der Waals surface area contributed by atoms with Crippen LogP contribution in [0.3, 0.4) is 0 Å². The van der Waals surface area contributed by atoms with E-state index >= 15 is 0 Å². The third-order valence-corrected chi connectivity index (χ3v) is 5.10. The lowest BCUT2D eigenvalue weighted by atomic mass is 9.89. The summed E-state index contributed by atoms with van der Waals surface area (Å²) in [5.41, 5.74) is 0. The van der Waals surface area contributed by atoms with Crippen molar-refractivity contribution in [2.45, 2.75) is 38.1 Å². The molecule has 2 amide bonds. The van der Waals surface area contributed by atoms with E-state index in [1.807, 2.05) is 4.90 Å². The Hall–Kier alpha value is -1.10. The van der Waals surface area contributed by atoms with Gasteiger partial charge in [0.05, 0.1) is 0 Å². The van der Waals surface area contributed by atoms with Crippen LogP contribution >= 0.6 is 0 Å². The zero-order valence-electron chi connectivity index (χ0n) is 12.3. The first-order valence-corrected chi connectivity index (χ1v) is 7.90. The molecule has 1 N–H and O–H groups in total. The maximum Gasteiger partial charge on any atom is 0.245 e. The summed E-state index contributed by atoms with van der Waals surface area (Å²) in [6.07, 6.45) is 4.45. The normalized spacial score (nSPS) is 35.4. The van der Waals surface area contributed by atoms with Gasteiger partial charge in [0, 0.05) is 26.1 Å². The van der Waals surface area contributed by atoms with Crippen molar-refractivity contribution in [1.29, 1.82) is 0 Å². The molecule has 5 nitrogen and oxygen atoms in total. The summed E-state index contributed by atoms with van der Waals surface area (Å²) in [5.74, 6) is 1.48. The van der Waals surface area contributed by atoms with Crippen LogP contribution in [-0.2, 0) is 9.59 Å². The van der Waals surface area contributed by atoms with Crippen LogP contribution in [-0.4, -0.2) is 60.9 Å². The van der Waals surface area contributed by atoms with E-state index in [9.17, 15) is 9.59 Å². The van der Waals surface area contributed by atoms with Crippen LogP contribution in [0.2, 0.25) is 0 Å². The second-order valence-corrected chi connectivity index (χ2v) is 6.68. The highest BCUT2D eigenvalue weighted by Gasteiger charge is 2.40. The highest BCUT2D eigenvalue weighted by Crippen LogP contribution is 2.31. The Bertz CT molecular complexity index is 399. The van der Waals surface area contributed by atoms with Gasteiger partial charge >= 0.3 is 0 Å². The molecule has 3 saturated heterocycles. The van der Waals surface area contributed by atoms with Gasteiger partial charge in [0.1, 0.15) is 6.04 Å². The zero-order chi connectivity index (χ0) is 14.1. The van der Waals surface area contributed by atoms with Crippen molar-refractivity contribution in [3.8, 4) is 0 Å². The zero-order valence-corrected chi connectivity index (χ0v) is 12.3. The van der Waals surface area contributed by atoms with Gasteiger partial charge in [-0.2, -0.15) is 0 Å². The minimum atomic E-state index is -0.275. The van der Waals surface area contributed by atoms with Crippen molar-refractivity contribution in [3.63, 3.8) is 0 Å². The smallest absolute Gasteiger partial charge is 0.245 e. The molecule has 0 aliphatic carbocycles. The second-order valence-electron chi connectivity index (χ2n) is 6.68. The molecule has 112 valence electrons. The Morgan fingerprint density at radius 1 is 1.15 bits per heavy atom. The number of likely N-dealkylation sites (tertiary alicyclic amines) is 2. The Balaban J connectivity index is 1.61. The Labute approximate surface area is 120 Å². The number of hydrogen-bond donors (Lipinski definition) is 1. The minimum absolute atomic E-state index is 0.0391. The molecule has 5 heteroatoms. The molecule has 3 fully saturated rings. The summed E-state index contributed by atoms with van der Waals surface area (Å²) in [6.45, 7) is 4.01. The molecule has 0 aromatic carbocycles. The number of amides is 2. The maximum atomic E-state index is 12.6. The van der Waals surface area contributed by atoms with Crippen molar-refractivity contribution < 1.29 is 9.59 Å². The lowest BCUT2D eigenvalue weighted by Crippen LogP contribution is -2.47. The van der Waals surface area contributed by atoms with Crippen molar-refractivity contribution in [2.75, 3.05) is 33.2 Å². The van der Waals surface area contributed by atoms with Gasteiger partial charge in [-0.05, 0) is 44.7 Å². The molecule has 3 heterocycles. The average molecular weight is 279 g/mol. The summed E-state index contributed by atoms with van der Waals surface area (Å²) in [6, 6.07) is -0.275. The summed E-state index contributed by atoms with van der Waals surface area (Å²) >= 11 is 0. The van der Waals surface area contributed by atoms with Crippen molar-refractivity contribution in [1.82, 2.24) is 15.1 Å². The Morgan fingerprint density at radius 3 is 2.80 bits per heavy atom. The third kappa shape index (κ3) is 2.82. The molecule has 3 aliphatic rings. The molecule has 3 aliphatic heterocycles. The number of piperidine rings is 1. The van der Waals surface area contributed by atoms with Crippen LogP contribution in [0.15, 0.2) is 0 Å². The molecule has 20 heavy (non-hydrogen) atoms. The molecule has 0 saturated carbocycles. The highest BCUT2D eigenvalue weighted by atomic mass is 16.2. The molecule has 0 aromatic rings. The van der Waals surface area contributed by atoms with E-state index in [0.717, 1.165) is 45.4 Å². The second kappa shape index (κ2) is 5.72. The SMILES string of the molecule is CN1CC[C@H]2CN(C(=O)C3CCCCC(=O)N3)C[C@H]2C1. The summed E-state index contributed by atoms with van der Waals surface area (Å²) in [7, 11) is 2.16. The summed E-state index contributed by atoms with van der Waals surface area (Å²) in [4.78, 5) is 28.6. The largest absolute Gasteiger partial charge is 0.344 e. The number of fused-ring (bicyclic) bond motifs is 1. The summed E-state index contributed by atoms with van der Waals surface area (Å²) in [5, 5.41) is 2.91. The van der Waals surface area contributed by atoms with E-state index in [1.54, 1.807) is 0 Å². The molecule has 0 radical (unpaired) electrons. The first-order chi connectivity index (χ1) is 9.63. The Kier molecular flexibility index (Phi) is 3.96. The van der Waals surface area contributed by atoms with E-state index in [-0.39, 0.29) is 17.9 Å². The fourth-order valence-electron chi connectivity index (χ4n) is 3.91. The van der Waals surface area contributed by atoms with Gasteiger partial charge in [-0.3, -0.25) is 9.59 Å². The molecule has 3 rings (SSSR count). The van der Waals surface area contributed by atoms with E-state index in [4.69, 9.17) is 0 Å². The molecule has 0 aromatic heterocycles. The van der Waals surface area contributed by atoms with Crippen LogP contribution in [0, 0.1) is 11.8 Å². The van der Waals surface area contributed by atoms with Crippen LogP contribution in [0.5, 0.6) is 0 Å². The summed E-state index contributed by atoms with van der Waals surface area (Å²) < 4.78 is 0. The first-order valence-electron chi connectivity index (χ1n) is 7.90. The van der Waals surface area contributed by atoms with Crippen LogP contribution in [0.4, 0.5) is 0 Å². The van der Waals surface area contributed by atoms with Gasteiger partial charge in [0.2, 0.25) is 11.8 Å². The van der Waals surface area contributed by atoms with E-state index in [2.05, 4.69) is 17.3 Å². The monoisotopic (exact) mass is 279 g/mol. The van der Waals surface area contributed by atoms with Crippen LogP contribution in [0.25, 0.3) is 0 Å². The van der Waals surface area contributed by atoms with Gasteiger partial charge in [-0.25, -0.2) is 0 Å². The van der Waals surface area contributed by atoms with Crippen molar-refractivity contribution in [2.24, 2.45) is 11.8 Å². The van der Waals surface area contributed by atoms with Crippen molar-refractivity contribution in [3.05, 3.63) is 0 Å². The average Bonchev–Trinajstić information content (AvgIpc) is 2.71. The molecule has 1 unspecified atom stereocenters. The van der Waals surface area contributed by atoms with Gasteiger partial charge in [-0.15, -0.1) is 0 Å². The number of nitrogens with one attached hydrogen (secondary N) is 1. The fourth-order valence-corrected chi connectivity index (χ4v) is 3.91. The third-order valence-electron chi connectivity index (χ3n) is 5.10. The van der Waals surface area contributed by atoms with Gasteiger partial charge in [0.25, 0.3) is 0 Å². The molecule has 0 spiro atoms. The standard InChI is InChI=1S/C15H25N3O2/c1-17-7-6-11-9-18(10-12(11)8-17)15(20)13-4-2-3-5-14(19)16-13/h11-13H,2-10H2,1H3,(H,16,19)/t11-,12+,13?/m0/s1. The van der Waals surface area contributed by atoms with Gasteiger partial charge in [0.15, 0.2) is 0 Å². The number of hydrogen-bond acceptors (Lipinski definition) is 3. The lowest BCUT2D eigenvalue weighted by Gasteiger charge is -2.31. The maximum absolute atomic E-state index is 12.6. The molecule has 3 atom stereocenters. The quantitative estimate of drug-likeness (QED) is 0.758. The predicted molar refractivity (Wildman–Crippen MR) is 76.1 cm³/mol. The number of carbonyl (C=O) groups is 2.